The van der Waals surface area contributed by atoms with Gasteiger partial charge in [-0.2, -0.15) is 0 Å². The molecule has 0 aromatic heterocycles. The summed E-state index contributed by atoms with van der Waals surface area (Å²) in [7, 11) is 1.58. The topological polar surface area (TPSA) is 108 Å². The number of likely N-dealkylation sites (tertiary alicyclic amines) is 1. The predicted molar refractivity (Wildman–Crippen MR) is 107 cm³/mol. The van der Waals surface area contributed by atoms with Crippen LogP contribution in [0.3, 0.4) is 0 Å². The van der Waals surface area contributed by atoms with E-state index in [9.17, 15) is 14.4 Å². The maximum Gasteiger partial charge on any atom is 0.246 e. The van der Waals surface area contributed by atoms with Crippen molar-refractivity contribution < 1.29 is 24.2 Å². The van der Waals surface area contributed by atoms with Gasteiger partial charge in [0.1, 0.15) is 11.6 Å². The van der Waals surface area contributed by atoms with Gasteiger partial charge in [0.05, 0.1) is 17.4 Å². The summed E-state index contributed by atoms with van der Waals surface area (Å²) in [6.07, 6.45) is 4.50. The molecule has 8 nitrogen and oxygen atoms in total. The van der Waals surface area contributed by atoms with Gasteiger partial charge in [-0.1, -0.05) is 12.8 Å². The fourth-order valence-electron chi connectivity index (χ4n) is 5.63. The summed E-state index contributed by atoms with van der Waals surface area (Å²) in [4.78, 5) is 41.1. The van der Waals surface area contributed by atoms with Crippen molar-refractivity contribution in [2.45, 2.75) is 82.6 Å². The minimum atomic E-state index is -0.937. The lowest BCUT2D eigenvalue weighted by Gasteiger charge is -2.34. The Morgan fingerprint density at radius 1 is 1.21 bits per heavy atom. The highest BCUT2D eigenvalue weighted by molar-refractivity contribution is 5.99. The molecule has 0 radical (unpaired) electrons. The number of aliphatic hydroxyl groups is 1. The number of carbonyl (C=O) groups excluding carboxylic acids is 3. The summed E-state index contributed by atoms with van der Waals surface area (Å²) in [6.45, 7) is 6.30. The van der Waals surface area contributed by atoms with Crippen LogP contribution in [0.5, 0.6) is 0 Å². The Morgan fingerprint density at radius 2 is 1.90 bits per heavy atom. The molecule has 3 saturated heterocycles. The Kier molecular flexibility index (Phi) is 6.24. The average molecular weight is 410 g/mol. The van der Waals surface area contributed by atoms with Crippen LogP contribution < -0.4 is 10.6 Å². The van der Waals surface area contributed by atoms with Gasteiger partial charge in [-0.05, 0) is 46.5 Å². The van der Waals surface area contributed by atoms with E-state index >= 15 is 0 Å². The Labute approximate surface area is 172 Å². The SMILES string of the molecule is CNC(=O)[C@H]1[C@H]2C(=O)N(CCCCCCO)C(C(=O)NC(C)C)C23CC[C@]1(C)O3. The molecule has 0 aliphatic carbocycles. The molecule has 29 heavy (non-hydrogen) atoms. The molecular formula is C21H35N3O5. The van der Waals surface area contributed by atoms with Gasteiger partial charge in [-0.3, -0.25) is 14.4 Å². The minimum Gasteiger partial charge on any atom is -0.396 e. The first-order chi connectivity index (χ1) is 13.7. The van der Waals surface area contributed by atoms with Gasteiger partial charge in [-0.25, -0.2) is 0 Å². The number of ether oxygens (including phenoxy) is 1. The van der Waals surface area contributed by atoms with E-state index in [1.807, 2.05) is 20.8 Å². The van der Waals surface area contributed by atoms with Gasteiger partial charge in [0.2, 0.25) is 17.7 Å². The molecule has 0 saturated carbocycles. The first-order valence-corrected chi connectivity index (χ1v) is 10.9. The Morgan fingerprint density at radius 3 is 2.52 bits per heavy atom. The molecule has 3 amide bonds. The second-order valence-corrected chi connectivity index (χ2v) is 9.17. The van der Waals surface area contributed by atoms with E-state index in [1.54, 1.807) is 11.9 Å². The number of amides is 3. The van der Waals surface area contributed by atoms with Crippen molar-refractivity contribution in [2.24, 2.45) is 11.8 Å². The molecule has 3 N–H and O–H groups in total. The van der Waals surface area contributed by atoms with Crippen LogP contribution in [0.1, 0.15) is 59.3 Å². The summed E-state index contributed by atoms with van der Waals surface area (Å²) in [5.74, 6) is -1.75. The quantitative estimate of drug-likeness (QED) is 0.483. The van der Waals surface area contributed by atoms with E-state index in [1.165, 1.54) is 0 Å². The molecule has 3 fully saturated rings. The third kappa shape index (κ3) is 3.54. The predicted octanol–water partition coefficient (Wildman–Crippen LogP) is 0.574. The van der Waals surface area contributed by atoms with Gasteiger partial charge in [0, 0.05) is 26.2 Å². The normalized spacial score (nSPS) is 35.3. The number of aliphatic hydroxyl groups excluding tert-OH is 1. The van der Waals surface area contributed by atoms with Crippen LogP contribution in [-0.4, -0.2) is 71.2 Å². The van der Waals surface area contributed by atoms with Gasteiger partial charge in [0.25, 0.3) is 0 Å². The van der Waals surface area contributed by atoms with Gasteiger partial charge in [0.15, 0.2) is 0 Å². The van der Waals surface area contributed by atoms with Crippen LogP contribution in [0.15, 0.2) is 0 Å². The van der Waals surface area contributed by atoms with E-state index in [0.717, 1.165) is 25.7 Å². The second kappa shape index (κ2) is 8.22. The van der Waals surface area contributed by atoms with Gasteiger partial charge in [-0.15, -0.1) is 0 Å². The summed E-state index contributed by atoms with van der Waals surface area (Å²) < 4.78 is 6.45. The van der Waals surface area contributed by atoms with Crippen molar-refractivity contribution >= 4 is 17.7 Å². The lowest BCUT2D eigenvalue weighted by molar-refractivity contribution is -0.146. The zero-order valence-corrected chi connectivity index (χ0v) is 18.0. The van der Waals surface area contributed by atoms with Crippen molar-refractivity contribution in [3.8, 4) is 0 Å². The zero-order valence-electron chi connectivity index (χ0n) is 18.0. The van der Waals surface area contributed by atoms with Crippen LogP contribution in [-0.2, 0) is 19.1 Å². The molecule has 5 atom stereocenters. The van der Waals surface area contributed by atoms with Crippen molar-refractivity contribution in [1.82, 2.24) is 15.5 Å². The number of hydrogen-bond donors (Lipinski definition) is 3. The lowest BCUT2D eigenvalue weighted by Crippen LogP contribution is -2.56. The van der Waals surface area contributed by atoms with Crippen molar-refractivity contribution in [3.63, 3.8) is 0 Å². The molecule has 3 aliphatic heterocycles. The molecule has 3 heterocycles. The summed E-state index contributed by atoms with van der Waals surface area (Å²) in [5.41, 5.74) is -1.66. The van der Waals surface area contributed by atoms with E-state index in [0.29, 0.717) is 19.4 Å². The molecule has 8 heteroatoms. The highest BCUT2D eigenvalue weighted by atomic mass is 16.5. The fourth-order valence-corrected chi connectivity index (χ4v) is 5.63. The average Bonchev–Trinajstić information content (AvgIpc) is 3.21. The maximum absolute atomic E-state index is 13.5. The second-order valence-electron chi connectivity index (χ2n) is 9.17. The van der Waals surface area contributed by atoms with Crippen LogP contribution in [0.4, 0.5) is 0 Å². The van der Waals surface area contributed by atoms with Gasteiger partial charge < -0.3 is 25.4 Å². The molecule has 2 unspecified atom stereocenters. The van der Waals surface area contributed by atoms with Crippen molar-refractivity contribution in [1.29, 1.82) is 0 Å². The highest BCUT2D eigenvalue weighted by Crippen LogP contribution is 2.63. The molecular weight excluding hydrogens is 374 g/mol. The third-order valence-electron chi connectivity index (χ3n) is 6.79. The first-order valence-electron chi connectivity index (χ1n) is 10.9. The van der Waals surface area contributed by atoms with Crippen molar-refractivity contribution in [3.05, 3.63) is 0 Å². The standard InChI is InChI=1S/C21H35N3O5/c1-13(2)23-18(27)16-21-10-9-20(3,29-21)14(17(26)22-4)15(21)19(28)24(16)11-7-5-6-8-12-25/h13-16,25H,5-12H2,1-4H3,(H,22,26)(H,23,27)/t14-,15+,16?,20+,21?/m1/s1. The number of carbonyl (C=O) groups is 3. The number of unbranched alkanes of at least 4 members (excludes halogenated alkanes) is 3. The summed E-state index contributed by atoms with van der Waals surface area (Å²) in [5, 5.41) is 14.6. The van der Waals surface area contributed by atoms with E-state index < -0.39 is 29.1 Å². The Hall–Kier alpha value is -1.67. The lowest BCUT2D eigenvalue weighted by atomic mass is 9.66. The van der Waals surface area contributed by atoms with Gasteiger partial charge >= 0.3 is 0 Å². The van der Waals surface area contributed by atoms with Crippen molar-refractivity contribution in [2.75, 3.05) is 20.2 Å². The first kappa shape index (κ1) is 22.0. The van der Waals surface area contributed by atoms with Crippen LogP contribution >= 0.6 is 0 Å². The Bertz CT molecular complexity index is 669. The van der Waals surface area contributed by atoms with E-state index in [4.69, 9.17) is 9.84 Å². The number of fused-ring (bicyclic) bond motifs is 1. The van der Waals surface area contributed by atoms with E-state index in [2.05, 4.69) is 10.6 Å². The third-order valence-corrected chi connectivity index (χ3v) is 6.79. The fraction of sp³-hybridized carbons (Fsp3) is 0.857. The monoisotopic (exact) mass is 409 g/mol. The smallest absolute Gasteiger partial charge is 0.246 e. The van der Waals surface area contributed by atoms with Crippen LogP contribution in [0, 0.1) is 11.8 Å². The van der Waals surface area contributed by atoms with Crippen LogP contribution in [0.25, 0.3) is 0 Å². The molecule has 3 rings (SSSR count). The Balaban J connectivity index is 1.90. The highest BCUT2D eigenvalue weighted by Gasteiger charge is 2.77. The number of rotatable bonds is 9. The molecule has 164 valence electrons. The number of hydrogen-bond acceptors (Lipinski definition) is 5. The summed E-state index contributed by atoms with van der Waals surface area (Å²) in [6, 6.07) is -0.764. The molecule has 0 aromatic carbocycles. The minimum absolute atomic E-state index is 0.0524. The number of nitrogens with zero attached hydrogens (tertiary/aromatic N) is 1. The molecule has 2 bridgehead atoms. The molecule has 3 aliphatic rings. The summed E-state index contributed by atoms with van der Waals surface area (Å²) >= 11 is 0. The van der Waals surface area contributed by atoms with Crippen LogP contribution in [0.2, 0.25) is 0 Å². The number of nitrogens with one attached hydrogen (secondary N) is 2. The largest absolute Gasteiger partial charge is 0.396 e. The molecule has 0 aromatic rings. The molecule has 1 spiro atoms. The van der Waals surface area contributed by atoms with E-state index in [-0.39, 0.29) is 30.4 Å². The zero-order chi connectivity index (χ0) is 21.4. The maximum atomic E-state index is 13.5.